The van der Waals surface area contributed by atoms with Crippen molar-refractivity contribution in [1.82, 2.24) is 0 Å². The summed E-state index contributed by atoms with van der Waals surface area (Å²) in [7, 11) is 0. The zero-order valence-electron chi connectivity index (χ0n) is 7.72. The van der Waals surface area contributed by atoms with Crippen molar-refractivity contribution in [2.45, 2.75) is 6.23 Å². The van der Waals surface area contributed by atoms with Gasteiger partial charge in [-0.25, -0.2) is 0 Å². The van der Waals surface area contributed by atoms with Crippen LogP contribution in [0.3, 0.4) is 0 Å². The molecule has 4 heteroatoms. The Balaban J connectivity index is 2.22. The lowest BCUT2D eigenvalue weighted by atomic mass is 10.2. The van der Waals surface area contributed by atoms with Crippen molar-refractivity contribution in [1.29, 1.82) is 0 Å². The third kappa shape index (κ3) is 1.62. The smallest absolute Gasteiger partial charge is 0.271 e. The second-order valence-electron chi connectivity index (χ2n) is 3.12. The van der Waals surface area contributed by atoms with E-state index in [0.717, 1.165) is 5.69 Å². The van der Waals surface area contributed by atoms with Gasteiger partial charge in [-0.3, -0.25) is 10.5 Å². The molecule has 0 saturated carbocycles. The fraction of sp³-hybridized carbons (Fsp3) is 0.300. The Kier molecular flexibility index (Phi) is 2.47. The number of hydrogen-bond donors (Lipinski definition) is 1. The summed E-state index contributed by atoms with van der Waals surface area (Å²) in [5, 5.41) is 0. The fourth-order valence-corrected chi connectivity index (χ4v) is 1.47. The number of anilines is 1. The van der Waals surface area contributed by atoms with E-state index in [0.29, 0.717) is 13.2 Å². The van der Waals surface area contributed by atoms with Crippen LogP contribution in [0.4, 0.5) is 5.69 Å². The first-order chi connectivity index (χ1) is 6.79. The number of ether oxygens (including phenoxy) is 1. The quantitative estimate of drug-likeness (QED) is 0.697. The summed E-state index contributed by atoms with van der Waals surface area (Å²) in [6, 6.07) is 9.47. The molecule has 1 aromatic rings. The molecule has 0 aromatic heterocycles. The molecule has 1 aliphatic rings. The van der Waals surface area contributed by atoms with E-state index in [2.05, 4.69) is 0 Å². The first-order valence-corrected chi connectivity index (χ1v) is 4.52. The van der Waals surface area contributed by atoms with Crippen molar-refractivity contribution in [3.8, 4) is 0 Å². The predicted octanol–water partition coefficient (Wildman–Crippen LogP) is 0.335. The van der Waals surface area contributed by atoms with Gasteiger partial charge in [0.15, 0.2) is 6.23 Å². The second-order valence-corrected chi connectivity index (χ2v) is 3.12. The van der Waals surface area contributed by atoms with Crippen LogP contribution in [0.1, 0.15) is 0 Å². The summed E-state index contributed by atoms with van der Waals surface area (Å²) >= 11 is 0. The summed E-state index contributed by atoms with van der Waals surface area (Å²) in [5.74, 6) is -0.178. The van der Waals surface area contributed by atoms with Crippen molar-refractivity contribution < 1.29 is 9.53 Å². The highest BCUT2D eigenvalue weighted by atomic mass is 16.5. The van der Waals surface area contributed by atoms with Gasteiger partial charge in [0, 0.05) is 12.2 Å². The number of carbonyl (C=O) groups is 1. The summed E-state index contributed by atoms with van der Waals surface area (Å²) in [5.41, 5.74) is 6.36. The van der Waals surface area contributed by atoms with Gasteiger partial charge in [-0.05, 0) is 12.1 Å². The monoisotopic (exact) mass is 192 g/mol. The lowest BCUT2D eigenvalue weighted by Gasteiger charge is -2.30. The maximum absolute atomic E-state index is 11.6. The number of para-hydroxylation sites is 1. The molecule has 74 valence electrons. The summed E-state index contributed by atoms with van der Waals surface area (Å²) in [6.45, 7) is 1.05. The number of carbonyl (C=O) groups excluding carboxylic acids is 1. The third-order valence-electron chi connectivity index (χ3n) is 2.19. The van der Waals surface area contributed by atoms with Gasteiger partial charge in [-0.15, -0.1) is 0 Å². The molecule has 1 aliphatic heterocycles. The van der Waals surface area contributed by atoms with Crippen LogP contribution < -0.4 is 10.6 Å². The minimum absolute atomic E-state index is 0.178. The Morgan fingerprint density at radius 1 is 1.36 bits per heavy atom. The highest BCUT2D eigenvalue weighted by Gasteiger charge is 2.27. The van der Waals surface area contributed by atoms with Crippen LogP contribution >= 0.6 is 0 Å². The minimum Gasteiger partial charge on any atom is -0.352 e. The lowest BCUT2D eigenvalue weighted by Crippen LogP contribution is -2.51. The van der Waals surface area contributed by atoms with E-state index in [9.17, 15) is 4.79 Å². The van der Waals surface area contributed by atoms with E-state index in [1.807, 2.05) is 30.3 Å². The molecule has 14 heavy (non-hydrogen) atoms. The average Bonchev–Trinajstić information content (AvgIpc) is 2.23. The zero-order valence-corrected chi connectivity index (χ0v) is 7.72. The lowest BCUT2D eigenvalue weighted by molar-refractivity contribution is -0.133. The first-order valence-electron chi connectivity index (χ1n) is 4.52. The van der Waals surface area contributed by atoms with Gasteiger partial charge < -0.3 is 9.64 Å². The molecule has 2 rings (SSSR count). The van der Waals surface area contributed by atoms with Crippen LogP contribution in [-0.4, -0.2) is 25.3 Å². The van der Waals surface area contributed by atoms with Crippen molar-refractivity contribution >= 4 is 11.6 Å². The van der Waals surface area contributed by atoms with Crippen molar-refractivity contribution in [3.63, 3.8) is 0 Å². The summed E-state index contributed by atoms with van der Waals surface area (Å²) < 4.78 is 5.03. The van der Waals surface area contributed by atoms with Gasteiger partial charge in [0.05, 0.1) is 6.61 Å². The average molecular weight is 192 g/mol. The number of nitrogens with zero attached hydrogens (tertiary/aromatic N) is 1. The number of morpholine rings is 1. The van der Waals surface area contributed by atoms with E-state index in [-0.39, 0.29) is 5.91 Å². The molecule has 1 fully saturated rings. The minimum atomic E-state index is -0.816. The van der Waals surface area contributed by atoms with Crippen molar-refractivity contribution in [3.05, 3.63) is 30.3 Å². The molecule has 0 aliphatic carbocycles. The van der Waals surface area contributed by atoms with Crippen LogP contribution in [0, 0.1) is 0 Å². The summed E-state index contributed by atoms with van der Waals surface area (Å²) in [4.78, 5) is 13.2. The molecule has 0 radical (unpaired) electrons. The summed E-state index contributed by atoms with van der Waals surface area (Å²) in [6.07, 6.45) is -0.816. The fourth-order valence-electron chi connectivity index (χ4n) is 1.47. The SMILES string of the molecule is NC1OCCN(c2ccccc2)C1=O. The molecule has 0 bridgehead atoms. The molecule has 1 heterocycles. The predicted molar refractivity (Wildman–Crippen MR) is 52.7 cm³/mol. The zero-order chi connectivity index (χ0) is 9.97. The van der Waals surface area contributed by atoms with Crippen LogP contribution in [0.5, 0.6) is 0 Å². The van der Waals surface area contributed by atoms with Gasteiger partial charge in [-0.1, -0.05) is 18.2 Å². The van der Waals surface area contributed by atoms with Gasteiger partial charge in [-0.2, -0.15) is 0 Å². The highest BCUT2D eigenvalue weighted by Crippen LogP contribution is 2.16. The molecule has 4 nitrogen and oxygen atoms in total. The molecule has 1 aromatic carbocycles. The molecule has 1 saturated heterocycles. The van der Waals surface area contributed by atoms with E-state index >= 15 is 0 Å². The molecule has 0 spiro atoms. The molecular weight excluding hydrogens is 180 g/mol. The van der Waals surface area contributed by atoms with E-state index in [4.69, 9.17) is 10.5 Å². The standard InChI is InChI=1S/C10H12N2O2/c11-9-10(13)12(6-7-14-9)8-4-2-1-3-5-8/h1-5,9H,6-7,11H2. The van der Waals surface area contributed by atoms with Crippen molar-refractivity contribution in [2.75, 3.05) is 18.1 Å². The maximum atomic E-state index is 11.6. The van der Waals surface area contributed by atoms with E-state index in [1.165, 1.54) is 0 Å². The molecule has 1 atom stereocenters. The van der Waals surface area contributed by atoms with E-state index < -0.39 is 6.23 Å². The Bertz CT molecular complexity index is 326. The highest BCUT2D eigenvalue weighted by molar-refractivity contribution is 5.96. The Hall–Kier alpha value is -1.39. The number of nitrogens with two attached hydrogens (primary N) is 1. The van der Waals surface area contributed by atoms with E-state index in [1.54, 1.807) is 4.90 Å². The van der Waals surface area contributed by atoms with Gasteiger partial charge >= 0.3 is 0 Å². The van der Waals surface area contributed by atoms with Gasteiger partial charge in [0.2, 0.25) is 0 Å². The molecule has 2 N–H and O–H groups in total. The topological polar surface area (TPSA) is 55.6 Å². The molecule has 1 unspecified atom stereocenters. The number of benzene rings is 1. The van der Waals surface area contributed by atoms with Crippen LogP contribution in [0.2, 0.25) is 0 Å². The number of rotatable bonds is 1. The second kappa shape index (κ2) is 3.77. The maximum Gasteiger partial charge on any atom is 0.271 e. The molecule has 1 amide bonds. The van der Waals surface area contributed by atoms with Crippen LogP contribution in [0.25, 0.3) is 0 Å². The number of hydrogen-bond acceptors (Lipinski definition) is 3. The van der Waals surface area contributed by atoms with Gasteiger partial charge in [0.25, 0.3) is 5.91 Å². The van der Waals surface area contributed by atoms with Gasteiger partial charge in [0.1, 0.15) is 0 Å². The Labute approximate surface area is 82.3 Å². The Morgan fingerprint density at radius 3 is 2.79 bits per heavy atom. The molecular formula is C10H12N2O2. The van der Waals surface area contributed by atoms with Crippen molar-refractivity contribution in [2.24, 2.45) is 5.73 Å². The Morgan fingerprint density at radius 2 is 2.07 bits per heavy atom. The normalized spacial score (nSPS) is 22.5. The number of amides is 1. The first kappa shape index (κ1) is 9.18. The van der Waals surface area contributed by atoms with Crippen LogP contribution in [-0.2, 0) is 9.53 Å². The van der Waals surface area contributed by atoms with Crippen LogP contribution in [0.15, 0.2) is 30.3 Å². The third-order valence-corrected chi connectivity index (χ3v) is 2.19. The largest absolute Gasteiger partial charge is 0.352 e.